The van der Waals surface area contributed by atoms with Crippen molar-refractivity contribution in [2.24, 2.45) is 0 Å². The summed E-state index contributed by atoms with van der Waals surface area (Å²) >= 11 is 0. The van der Waals surface area contributed by atoms with Gasteiger partial charge in [-0.2, -0.15) is 4.73 Å². The molecule has 1 aliphatic rings. The van der Waals surface area contributed by atoms with Gasteiger partial charge in [-0.15, -0.1) is 0 Å². The van der Waals surface area contributed by atoms with Gasteiger partial charge in [0.25, 0.3) is 5.69 Å². The van der Waals surface area contributed by atoms with Crippen LogP contribution in [0.5, 0.6) is 0 Å². The number of nitrogens with zero attached hydrogens (tertiary/aromatic N) is 2. The lowest BCUT2D eigenvalue weighted by molar-refractivity contribution is -0.608. The van der Waals surface area contributed by atoms with E-state index in [0.29, 0.717) is 24.4 Å². The molecular weight excluding hydrogens is 346 g/mol. The lowest BCUT2D eigenvalue weighted by Crippen LogP contribution is -2.61. The summed E-state index contributed by atoms with van der Waals surface area (Å²) in [6.07, 6.45) is 1.41. The zero-order valence-corrected chi connectivity index (χ0v) is 18.2. The van der Waals surface area contributed by atoms with E-state index >= 15 is 0 Å². The number of rotatable bonds is 4. The van der Waals surface area contributed by atoms with Gasteiger partial charge < -0.3 is 19.8 Å². The average molecular weight is 380 g/mol. The molecule has 0 radical (unpaired) electrons. The van der Waals surface area contributed by atoms with Crippen LogP contribution in [0, 0.1) is 5.21 Å². The van der Waals surface area contributed by atoms with E-state index in [2.05, 4.69) is 39.2 Å². The number of carbonyl (C=O) groups excluding carboxylic acids is 1. The second kappa shape index (κ2) is 7.29. The summed E-state index contributed by atoms with van der Waals surface area (Å²) in [5.74, 6) is -0.222. The Morgan fingerprint density at radius 3 is 2.65 bits per heavy atom. The number of hydrogen-bond acceptors (Lipinski definition) is 4. The van der Waals surface area contributed by atoms with E-state index in [1.807, 2.05) is 13.8 Å². The van der Waals surface area contributed by atoms with E-state index in [9.17, 15) is 10.0 Å². The molecular formula is C19H33N3O3Si. The van der Waals surface area contributed by atoms with Crippen LogP contribution >= 0.6 is 0 Å². The molecule has 2 rings (SSSR count). The minimum absolute atomic E-state index is 0.115. The zero-order chi connectivity index (χ0) is 19.8. The summed E-state index contributed by atoms with van der Waals surface area (Å²) < 4.78 is 6.90. The summed E-state index contributed by atoms with van der Waals surface area (Å²) in [6.45, 7) is 17.4. The average Bonchev–Trinajstić information content (AvgIpc) is 2.52. The molecule has 0 unspecified atom stereocenters. The molecule has 1 aromatic heterocycles. The lowest BCUT2D eigenvalue weighted by Gasteiger charge is -2.42. The van der Waals surface area contributed by atoms with Crippen molar-refractivity contribution >= 4 is 14.2 Å². The maximum Gasteiger partial charge on any atom is 0.320 e. The monoisotopic (exact) mass is 379 g/mol. The van der Waals surface area contributed by atoms with Gasteiger partial charge in [0.1, 0.15) is 0 Å². The fraction of sp³-hybridized carbons (Fsp3) is 0.684. The van der Waals surface area contributed by atoms with Gasteiger partial charge in [-0.25, -0.2) is 0 Å². The molecule has 2 heterocycles. The molecule has 0 saturated carbocycles. The smallest absolute Gasteiger partial charge is 0.320 e. The minimum atomic E-state index is -1.89. The van der Waals surface area contributed by atoms with Crippen molar-refractivity contribution in [2.75, 3.05) is 19.6 Å². The highest BCUT2D eigenvalue weighted by atomic mass is 28.4. The molecule has 0 atom stereocenters. The first-order valence-corrected chi connectivity index (χ1v) is 12.1. The Hall–Kier alpha value is -1.44. The topological polar surface area (TPSA) is 68.5 Å². The van der Waals surface area contributed by atoms with E-state index in [0.717, 1.165) is 12.1 Å². The van der Waals surface area contributed by atoms with E-state index in [-0.39, 0.29) is 22.2 Å². The molecule has 1 aliphatic heterocycles. The van der Waals surface area contributed by atoms with Gasteiger partial charge in [-0.3, -0.25) is 4.79 Å². The highest BCUT2D eigenvalue weighted by Gasteiger charge is 2.38. The molecule has 146 valence electrons. The first kappa shape index (κ1) is 20.9. The van der Waals surface area contributed by atoms with Gasteiger partial charge in [0.05, 0.1) is 12.1 Å². The number of piperazine rings is 1. The highest BCUT2D eigenvalue weighted by molar-refractivity contribution is 6.74. The van der Waals surface area contributed by atoms with Crippen LogP contribution in [0.4, 0.5) is 0 Å². The summed E-state index contributed by atoms with van der Waals surface area (Å²) in [7, 11) is -1.89. The van der Waals surface area contributed by atoms with Gasteiger partial charge in [0, 0.05) is 31.8 Å². The number of pyridine rings is 1. The lowest BCUT2D eigenvalue weighted by atomic mass is 9.99. The summed E-state index contributed by atoms with van der Waals surface area (Å²) in [5, 5.41) is 15.7. The van der Waals surface area contributed by atoms with Crippen molar-refractivity contribution in [3.05, 3.63) is 34.8 Å². The van der Waals surface area contributed by atoms with Crippen LogP contribution in [-0.4, -0.2) is 44.3 Å². The molecule has 0 bridgehead atoms. The van der Waals surface area contributed by atoms with Crippen molar-refractivity contribution in [2.45, 2.75) is 64.9 Å². The first-order chi connectivity index (χ1) is 11.8. The fourth-order valence-corrected chi connectivity index (χ4v) is 3.72. The summed E-state index contributed by atoms with van der Waals surface area (Å²) in [5.41, 5.74) is 0.699. The van der Waals surface area contributed by atoms with Gasteiger partial charge in [0.15, 0.2) is 14.5 Å². The van der Waals surface area contributed by atoms with Crippen LogP contribution in [0.2, 0.25) is 18.1 Å². The Labute approximate surface area is 158 Å². The molecule has 6 nitrogen and oxygen atoms in total. The van der Waals surface area contributed by atoms with Crippen LogP contribution in [0.15, 0.2) is 18.3 Å². The Bertz CT molecular complexity index is 668. The molecule has 1 saturated heterocycles. The standard InChI is InChI=1S/C19H33N3O3Si/c1-18(2,3)26(6,7)25-13-15-8-10-22(24)16(12-15)17(23)21-11-9-20-14-19(21,4)5/h8,10,12,20H,9,11,13-14H2,1-7H3. The second-order valence-corrected chi connectivity index (χ2v) is 14.1. The maximum absolute atomic E-state index is 13.0. The van der Waals surface area contributed by atoms with E-state index < -0.39 is 8.32 Å². The molecule has 1 N–H and O–H groups in total. The SMILES string of the molecule is CC1(C)CNCCN1C(=O)c1cc(CO[Si](C)(C)C(C)(C)C)cc[n+]1[O-]. The van der Waals surface area contributed by atoms with Gasteiger partial charge in [0.2, 0.25) is 0 Å². The predicted octanol–water partition coefficient (Wildman–Crippen LogP) is 2.67. The van der Waals surface area contributed by atoms with Crippen LogP contribution in [0.3, 0.4) is 0 Å². The largest absolute Gasteiger partial charge is 0.618 e. The Balaban J connectivity index is 2.21. The van der Waals surface area contributed by atoms with Crippen molar-refractivity contribution in [3.63, 3.8) is 0 Å². The number of carbonyl (C=O) groups is 1. The fourth-order valence-electron chi connectivity index (χ4n) is 2.76. The molecule has 26 heavy (non-hydrogen) atoms. The van der Waals surface area contributed by atoms with Gasteiger partial charge in [-0.05, 0) is 37.5 Å². The third kappa shape index (κ3) is 4.45. The quantitative estimate of drug-likeness (QED) is 0.496. The van der Waals surface area contributed by atoms with Crippen molar-refractivity contribution < 1.29 is 14.0 Å². The predicted molar refractivity (Wildman–Crippen MR) is 105 cm³/mol. The maximum atomic E-state index is 13.0. The van der Waals surface area contributed by atoms with E-state index in [1.54, 1.807) is 17.0 Å². The van der Waals surface area contributed by atoms with Crippen LogP contribution < -0.4 is 10.0 Å². The minimum Gasteiger partial charge on any atom is -0.618 e. The van der Waals surface area contributed by atoms with E-state index in [1.165, 1.54) is 6.20 Å². The van der Waals surface area contributed by atoms with Crippen LogP contribution in [0.25, 0.3) is 0 Å². The number of amides is 1. The highest BCUT2D eigenvalue weighted by Crippen LogP contribution is 2.37. The number of aromatic nitrogens is 1. The van der Waals surface area contributed by atoms with E-state index in [4.69, 9.17) is 4.43 Å². The van der Waals surface area contributed by atoms with Crippen molar-refractivity contribution in [1.29, 1.82) is 0 Å². The molecule has 1 fully saturated rings. The molecule has 0 aliphatic carbocycles. The first-order valence-electron chi connectivity index (χ1n) is 9.24. The molecule has 1 amide bonds. The molecule has 7 heteroatoms. The molecule has 1 aromatic rings. The Morgan fingerprint density at radius 2 is 2.08 bits per heavy atom. The van der Waals surface area contributed by atoms with Gasteiger partial charge >= 0.3 is 5.91 Å². The normalized spacial score (nSPS) is 18.0. The zero-order valence-electron chi connectivity index (χ0n) is 17.2. The number of hydrogen-bond donors (Lipinski definition) is 1. The van der Waals surface area contributed by atoms with Crippen molar-refractivity contribution in [3.8, 4) is 0 Å². The van der Waals surface area contributed by atoms with Crippen LogP contribution in [0.1, 0.15) is 50.7 Å². The summed E-state index contributed by atoms with van der Waals surface area (Å²) in [6, 6.07) is 3.42. The Kier molecular flexibility index (Phi) is 5.85. The molecule has 0 aromatic carbocycles. The third-order valence-corrected chi connectivity index (χ3v) is 10.1. The third-order valence-electron chi connectivity index (χ3n) is 5.65. The van der Waals surface area contributed by atoms with Crippen LogP contribution in [-0.2, 0) is 11.0 Å². The van der Waals surface area contributed by atoms with Crippen molar-refractivity contribution in [1.82, 2.24) is 10.2 Å². The second-order valence-electron chi connectivity index (χ2n) is 9.24. The number of nitrogens with one attached hydrogen (secondary N) is 1. The summed E-state index contributed by atoms with van der Waals surface area (Å²) in [4.78, 5) is 14.8. The Morgan fingerprint density at radius 1 is 1.42 bits per heavy atom. The molecule has 0 spiro atoms. The van der Waals surface area contributed by atoms with Gasteiger partial charge in [-0.1, -0.05) is 20.8 Å².